The molecule has 0 radical (unpaired) electrons. The Balaban J connectivity index is 1.82. The van der Waals surface area contributed by atoms with Gasteiger partial charge >= 0.3 is 0 Å². The van der Waals surface area contributed by atoms with Crippen LogP contribution in [0.5, 0.6) is 5.75 Å². The molecule has 0 aromatic heterocycles. The third-order valence-electron chi connectivity index (χ3n) is 4.40. The molecule has 1 amide bonds. The Morgan fingerprint density at radius 3 is 2.50 bits per heavy atom. The normalized spacial score (nSPS) is 16.8. The van der Waals surface area contributed by atoms with Crippen LogP contribution in [0.3, 0.4) is 0 Å². The Kier molecular flexibility index (Phi) is 7.02. The zero-order valence-electron chi connectivity index (χ0n) is 14.9. The van der Waals surface area contributed by atoms with Crippen molar-refractivity contribution in [2.45, 2.75) is 25.0 Å². The summed E-state index contributed by atoms with van der Waals surface area (Å²) < 4.78 is 11.2. The van der Waals surface area contributed by atoms with Crippen molar-refractivity contribution in [3.8, 4) is 5.75 Å². The van der Waals surface area contributed by atoms with Crippen LogP contribution in [0, 0.1) is 0 Å². The number of likely N-dealkylation sites (N-methyl/N-ethyl adjacent to an activating group) is 1. The van der Waals surface area contributed by atoms with Gasteiger partial charge in [0.1, 0.15) is 18.0 Å². The van der Waals surface area contributed by atoms with Crippen LogP contribution in [-0.2, 0) is 16.1 Å². The van der Waals surface area contributed by atoms with E-state index >= 15 is 0 Å². The Morgan fingerprint density at radius 2 is 1.92 bits per heavy atom. The molecular formula is C18H29N3O3. The number of hydrogen-bond acceptors (Lipinski definition) is 5. The number of carbonyl (C=O) groups is 1. The van der Waals surface area contributed by atoms with Gasteiger partial charge in [-0.3, -0.25) is 4.79 Å². The van der Waals surface area contributed by atoms with Crippen LogP contribution in [0.15, 0.2) is 24.3 Å². The molecule has 134 valence electrons. The monoisotopic (exact) mass is 335 g/mol. The van der Waals surface area contributed by atoms with Gasteiger partial charge in [-0.25, -0.2) is 0 Å². The number of hydrogen-bond donors (Lipinski definition) is 2. The van der Waals surface area contributed by atoms with Gasteiger partial charge in [0.2, 0.25) is 0 Å². The number of nitrogens with one attached hydrogen (secondary N) is 2. The fraction of sp³-hybridized carbons (Fsp3) is 0.611. The highest BCUT2D eigenvalue weighted by atomic mass is 16.5. The van der Waals surface area contributed by atoms with Crippen molar-refractivity contribution in [2.24, 2.45) is 0 Å². The molecule has 1 saturated heterocycles. The lowest BCUT2D eigenvalue weighted by Gasteiger charge is -2.34. The van der Waals surface area contributed by atoms with Gasteiger partial charge in [-0.05, 0) is 57.7 Å². The average molecular weight is 335 g/mol. The fourth-order valence-corrected chi connectivity index (χ4v) is 2.75. The maximum atomic E-state index is 12.5. The minimum Gasteiger partial charge on any atom is -0.492 e. The molecule has 24 heavy (non-hydrogen) atoms. The van der Waals surface area contributed by atoms with Gasteiger partial charge < -0.3 is 25.0 Å². The summed E-state index contributed by atoms with van der Waals surface area (Å²) >= 11 is 0. The van der Waals surface area contributed by atoms with Gasteiger partial charge in [0, 0.05) is 20.2 Å². The van der Waals surface area contributed by atoms with E-state index in [-0.39, 0.29) is 5.91 Å². The third-order valence-corrected chi connectivity index (χ3v) is 4.40. The van der Waals surface area contributed by atoms with E-state index in [1.165, 1.54) is 0 Å². The molecule has 1 aliphatic heterocycles. The summed E-state index contributed by atoms with van der Waals surface area (Å²) in [6, 6.07) is 7.84. The van der Waals surface area contributed by atoms with Crippen LogP contribution < -0.4 is 15.4 Å². The van der Waals surface area contributed by atoms with Gasteiger partial charge in [-0.2, -0.15) is 0 Å². The van der Waals surface area contributed by atoms with Crippen LogP contribution in [0.2, 0.25) is 0 Å². The Labute approximate surface area is 144 Å². The van der Waals surface area contributed by atoms with Crippen molar-refractivity contribution in [3.63, 3.8) is 0 Å². The van der Waals surface area contributed by atoms with Gasteiger partial charge in [0.05, 0.1) is 0 Å². The fourth-order valence-electron chi connectivity index (χ4n) is 2.75. The van der Waals surface area contributed by atoms with E-state index in [1.807, 2.05) is 38.4 Å². The number of benzene rings is 1. The van der Waals surface area contributed by atoms with E-state index < -0.39 is 5.60 Å². The summed E-state index contributed by atoms with van der Waals surface area (Å²) in [4.78, 5) is 14.6. The lowest BCUT2D eigenvalue weighted by Crippen LogP contribution is -2.53. The highest BCUT2D eigenvalue weighted by Gasteiger charge is 2.39. The summed E-state index contributed by atoms with van der Waals surface area (Å²) in [5.74, 6) is 0.816. The predicted molar refractivity (Wildman–Crippen MR) is 94.2 cm³/mol. The van der Waals surface area contributed by atoms with Crippen molar-refractivity contribution in [3.05, 3.63) is 29.8 Å². The highest BCUT2D eigenvalue weighted by molar-refractivity contribution is 5.85. The van der Waals surface area contributed by atoms with Crippen molar-refractivity contribution in [2.75, 3.05) is 47.4 Å². The molecule has 0 unspecified atom stereocenters. The first kappa shape index (κ1) is 18.7. The number of methoxy groups -OCH3 is 1. The summed E-state index contributed by atoms with van der Waals surface area (Å²) in [6.07, 6.45) is 1.40. The molecule has 0 bridgehead atoms. The smallest absolute Gasteiger partial charge is 0.252 e. The molecule has 1 aromatic carbocycles. The predicted octanol–water partition coefficient (Wildman–Crippen LogP) is 1.01. The van der Waals surface area contributed by atoms with Crippen LogP contribution in [0.1, 0.15) is 18.4 Å². The summed E-state index contributed by atoms with van der Waals surface area (Å²) in [6.45, 7) is 3.65. The summed E-state index contributed by atoms with van der Waals surface area (Å²) in [5, 5.41) is 6.25. The van der Waals surface area contributed by atoms with Gasteiger partial charge in [0.15, 0.2) is 0 Å². The average Bonchev–Trinajstić information content (AvgIpc) is 2.61. The number of ether oxygens (including phenoxy) is 2. The quantitative estimate of drug-likeness (QED) is 0.742. The molecule has 1 heterocycles. The topological polar surface area (TPSA) is 62.8 Å². The molecule has 6 nitrogen and oxygen atoms in total. The minimum absolute atomic E-state index is 0.0298. The minimum atomic E-state index is -0.694. The lowest BCUT2D eigenvalue weighted by atomic mass is 9.91. The standard InChI is InChI=1S/C18H29N3O3/c1-21(2)12-13-24-16-6-4-15(5-7-16)14-20-17(22)18(23-3)8-10-19-11-9-18/h4-7,19H,8-14H2,1-3H3,(H,20,22). The van der Waals surface area contributed by atoms with E-state index in [0.717, 1.165) is 30.9 Å². The number of rotatable bonds is 8. The molecule has 2 N–H and O–H groups in total. The maximum Gasteiger partial charge on any atom is 0.252 e. The Hall–Kier alpha value is -1.63. The summed E-state index contributed by atoms with van der Waals surface area (Å²) in [5.41, 5.74) is 0.351. The van der Waals surface area contributed by atoms with Gasteiger partial charge in [-0.1, -0.05) is 12.1 Å². The van der Waals surface area contributed by atoms with Crippen LogP contribution in [0.25, 0.3) is 0 Å². The number of piperidine rings is 1. The van der Waals surface area contributed by atoms with E-state index in [1.54, 1.807) is 7.11 Å². The Morgan fingerprint density at radius 1 is 1.25 bits per heavy atom. The molecule has 6 heteroatoms. The van der Waals surface area contributed by atoms with E-state index in [0.29, 0.717) is 26.0 Å². The molecule has 1 aromatic rings. The first-order valence-corrected chi connectivity index (χ1v) is 8.46. The number of amides is 1. The molecule has 2 rings (SSSR count). The first-order valence-electron chi connectivity index (χ1n) is 8.46. The van der Waals surface area contributed by atoms with E-state index in [9.17, 15) is 4.79 Å². The molecule has 1 aliphatic rings. The van der Waals surface area contributed by atoms with Gasteiger partial charge in [0.25, 0.3) is 5.91 Å². The Bertz CT molecular complexity index is 511. The SMILES string of the molecule is COC1(C(=O)NCc2ccc(OCCN(C)C)cc2)CCNCC1. The molecule has 0 aliphatic carbocycles. The molecule has 0 spiro atoms. The van der Waals surface area contributed by atoms with Crippen LogP contribution in [0.4, 0.5) is 0 Å². The van der Waals surface area contributed by atoms with Crippen molar-refractivity contribution in [1.29, 1.82) is 0 Å². The lowest BCUT2D eigenvalue weighted by molar-refractivity contribution is -0.146. The number of carbonyl (C=O) groups excluding carboxylic acids is 1. The maximum absolute atomic E-state index is 12.5. The molecule has 1 fully saturated rings. The molecule has 0 atom stereocenters. The van der Waals surface area contributed by atoms with Crippen molar-refractivity contribution < 1.29 is 14.3 Å². The largest absolute Gasteiger partial charge is 0.492 e. The highest BCUT2D eigenvalue weighted by Crippen LogP contribution is 2.22. The molecular weight excluding hydrogens is 306 g/mol. The van der Waals surface area contributed by atoms with Crippen LogP contribution in [-0.4, -0.2) is 63.9 Å². The second kappa shape index (κ2) is 9.01. The van der Waals surface area contributed by atoms with Crippen molar-refractivity contribution >= 4 is 5.91 Å². The zero-order valence-corrected chi connectivity index (χ0v) is 14.9. The third kappa shape index (κ3) is 5.19. The zero-order chi connectivity index (χ0) is 17.4. The molecule has 0 saturated carbocycles. The van der Waals surface area contributed by atoms with E-state index in [2.05, 4.69) is 15.5 Å². The second-order valence-corrected chi connectivity index (χ2v) is 6.43. The number of nitrogens with zero attached hydrogens (tertiary/aromatic N) is 1. The van der Waals surface area contributed by atoms with E-state index in [4.69, 9.17) is 9.47 Å². The second-order valence-electron chi connectivity index (χ2n) is 6.43. The summed E-state index contributed by atoms with van der Waals surface area (Å²) in [7, 11) is 5.65. The van der Waals surface area contributed by atoms with Gasteiger partial charge in [-0.15, -0.1) is 0 Å². The first-order chi connectivity index (χ1) is 11.6. The van der Waals surface area contributed by atoms with Crippen LogP contribution >= 0.6 is 0 Å². The van der Waals surface area contributed by atoms with Crippen molar-refractivity contribution in [1.82, 2.24) is 15.5 Å².